The zero-order valence-electron chi connectivity index (χ0n) is 10.1. The molecule has 2 fully saturated rings. The van der Waals surface area contributed by atoms with Crippen LogP contribution in [0.3, 0.4) is 0 Å². The van der Waals surface area contributed by atoms with Crippen molar-refractivity contribution in [1.29, 1.82) is 0 Å². The second-order valence-corrected chi connectivity index (χ2v) is 5.30. The Bertz CT molecular complexity index is 319. The lowest BCUT2D eigenvalue weighted by Gasteiger charge is -2.18. The molecule has 0 bridgehead atoms. The van der Waals surface area contributed by atoms with E-state index in [-0.39, 0.29) is 23.8 Å². The summed E-state index contributed by atoms with van der Waals surface area (Å²) in [7, 11) is 0. The number of amides is 1. The fourth-order valence-electron chi connectivity index (χ4n) is 2.81. The standard InChI is InChI=1S/C12H20N2O3/c1-7-5-13-6-10(7)11(15)14-9-3-2-8(4-9)12(16)17/h7-10,13H,2-6H2,1H3,(H,14,15)(H,16,17)/t7-,8?,9?,10-/m1/s1. The molecule has 96 valence electrons. The smallest absolute Gasteiger partial charge is 0.306 e. The van der Waals surface area contributed by atoms with Crippen LogP contribution in [0.15, 0.2) is 0 Å². The van der Waals surface area contributed by atoms with Crippen molar-refractivity contribution in [3.63, 3.8) is 0 Å². The third kappa shape index (κ3) is 2.77. The van der Waals surface area contributed by atoms with Crippen LogP contribution in [0.4, 0.5) is 0 Å². The zero-order valence-corrected chi connectivity index (χ0v) is 10.1. The minimum atomic E-state index is -0.738. The fraction of sp³-hybridized carbons (Fsp3) is 0.833. The average Bonchev–Trinajstić information content (AvgIpc) is 2.86. The van der Waals surface area contributed by atoms with E-state index in [4.69, 9.17) is 5.11 Å². The summed E-state index contributed by atoms with van der Waals surface area (Å²) in [5, 5.41) is 15.1. The van der Waals surface area contributed by atoms with E-state index in [0.717, 1.165) is 19.5 Å². The van der Waals surface area contributed by atoms with E-state index < -0.39 is 5.97 Å². The second kappa shape index (κ2) is 5.04. The Labute approximate surface area is 101 Å². The minimum absolute atomic E-state index is 0.0406. The summed E-state index contributed by atoms with van der Waals surface area (Å²) >= 11 is 0. The molecule has 1 aliphatic heterocycles. The van der Waals surface area contributed by atoms with Crippen LogP contribution in [-0.2, 0) is 9.59 Å². The van der Waals surface area contributed by atoms with Gasteiger partial charge in [0.1, 0.15) is 0 Å². The molecule has 5 heteroatoms. The maximum atomic E-state index is 12.0. The molecule has 3 N–H and O–H groups in total. The maximum Gasteiger partial charge on any atom is 0.306 e. The van der Waals surface area contributed by atoms with Crippen LogP contribution >= 0.6 is 0 Å². The molecule has 5 nitrogen and oxygen atoms in total. The Balaban J connectivity index is 1.82. The Hall–Kier alpha value is -1.10. The van der Waals surface area contributed by atoms with Gasteiger partial charge in [0.05, 0.1) is 11.8 Å². The largest absolute Gasteiger partial charge is 0.481 e. The first-order valence-corrected chi connectivity index (χ1v) is 6.32. The summed E-state index contributed by atoms with van der Waals surface area (Å²) < 4.78 is 0. The van der Waals surface area contributed by atoms with Gasteiger partial charge in [-0.2, -0.15) is 0 Å². The van der Waals surface area contributed by atoms with Gasteiger partial charge in [-0.05, 0) is 31.7 Å². The lowest BCUT2D eigenvalue weighted by atomic mass is 9.97. The van der Waals surface area contributed by atoms with E-state index in [2.05, 4.69) is 17.6 Å². The predicted octanol–water partition coefficient (Wildman–Crippen LogP) is 0.211. The highest BCUT2D eigenvalue weighted by atomic mass is 16.4. The van der Waals surface area contributed by atoms with Gasteiger partial charge in [0, 0.05) is 12.6 Å². The lowest BCUT2D eigenvalue weighted by Crippen LogP contribution is -2.40. The Morgan fingerprint density at radius 3 is 2.59 bits per heavy atom. The highest BCUT2D eigenvalue weighted by Gasteiger charge is 2.34. The molecule has 17 heavy (non-hydrogen) atoms. The molecule has 2 rings (SSSR count). The van der Waals surface area contributed by atoms with Gasteiger partial charge >= 0.3 is 5.97 Å². The highest BCUT2D eigenvalue weighted by Crippen LogP contribution is 2.26. The van der Waals surface area contributed by atoms with E-state index in [1.165, 1.54) is 0 Å². The molecule has 0 aromatic rings. The Morgan fingerprint density at radius 2 is 2.06 bits per heavy atom. The number of carbonyl (C=O) groups excluding carboxylic acids is 1. The van der Waals surface area contributed by atoms with E-state index in [1.54, 1.807) is 0 Å². The van der Waals surface area contributed by atoms with Crippen LogP contribution < -0.4 is 10.6 Å². The van der Waals surface area contributed by atoms with Crippen LogP contribution in [0.5, 0.6) is 0 Å². The van der Waals surface area contributed by atoms with Crippen molar-refractivity contribution in [2.45, 2.75) is 32.2 Å². The first kappa shape index (κ1) is 12.4. The number of carboxylic acids is 1. The number of rotatable bonds is 3. The summed E-state index contributed by atoms with van der Waals surface area (Å²) in [5.74, 6) is -0.527. The first-order valence-electron chi connectivity index (χ1n) is 6.32. The normalized spacial score (nSPS) is 37.0. The van der Waals surface area contributed by atoms with E-state index in [1.807, 2.05) is 0 Å². The molecular formula is C12H20N2O3. The van der Waals surface area contributed by atoms with Crippen LogP contribution in [0, 0.1) is 17.8 Å². The summed E-state index contributed by atoms with van der Waals surface area (Å²) in [5.41, 5.74) is 0. The van der Waals surface area contributed by atoms with Crippen molar-refractivity contribution < 1.29 is 14.7 Å². The van der Waals surface area contributed by atoms with Crippen molar-refractivity contribution in [2.75, 3.05) is 13.1 Å². The maximum absolute atomic E-state index is 12.0. The lowest BCUT2D eigenvalue weighted by molar-refractivity contribution is -0.141. The van der Waals surface area contributed by atoms with Gasteiger partial charge in [0.15, 0.2) is 0 Å². The van der Waals surface area contributed by atoms with Crippen LogP contribution in [-0.4, -0.2) is 36.1 Å². The topological polar surface area (TPSA) is 78.4 Å². The van der Waals surface area contributed by atoms with E-state index in [0.29, 0.717) is 18.8 Å². The van der Waals surface area contributed by atoms with Gasteiger partial charge in [0.2, 0.25) is 5.91 Å². The third-order valence-corrected chi connectivity index (χ3v) is 3.98. The summed E-state index contributed by atoms with van der Waals surface area (Å²) in [6.45, 7) is 3.70. The van der Waals surface area contributed by atoms with Gasteiger partial charge in [-0.3, -0.25) is 9.59 Å². The van der Waals surface area contributed by atoms with Crippen LogP contribution in [0.1, 0.15) is 26.2 Å². The average molecular weight is 240 g/mol. The van der Waals surface area contributed by atoms with E-state index >= 15 is 0 Å². The molecule has 1 aliphatic carbocycles. The van der Waals surface area contributed by atoms with Crippen molar-refractivity contribution in [2.24, 2.45) is 17.8 Å². The number of hydrogen-bond donors (Lipinski definition) is 3. The summed E-state index contributed by atoms with van der Waals surface area (Å²) in [6.07, 6.45) is 2.05. The summed E-state index contributed by atoms with van der Waals surface area (Å²) in [4.78, 5) is 22.8. The van der Waals surface area contributed by atoms with Gasteiger partial charge < -0.3 is 15.7 Å². The molecule has 0 aromatic heterocycles. The number of nitrogens with one attached hydrogen (secondary N) is 2. The van der Waals surface area contributed by atoms with Crippen LogP contribution in [0.25, 0.3) is 0 Å². The first-order chi connectivity index (χ1) is 8.08. The molecular weight excluding hydrogens is 220 g/mol. The monoisotopic (exact) mass is 240 g/mol. The molecule has 1 amide bonds. The van der Waals surface area contributed by atoms with Gasteiger partial charge in [0.25, 0.3) is 0 Å². The fourth-order valence-corrected chi connectivity index (χ4v) is 2.81. The SMILES string of the molecule is C[C@@H]1CNC[C@H]1C(=O)NC1CCC(C(=O)O)C1. The Morgan fingerprint density at radius 1 is 1.29 bits per heavy atom. The molecule has 4 atom stereocenters. The van der Waals surface area contributed by atoms with Gasteiger partial charge in [-0.25, -0.2) is 0 Å². The quantitative estimate of drug-likeness (QED) is 0.659. The molecule has 2 unspecified atom stereocenters. The number of carboxylic acid groups (broad SMARTS) is 1. The highest BCUT2D eigenvalue weighted by molar-refractivity contribution is 5.80. The molecule has 2 aliphatic rings. The van der Waals surface area contributed by atoms with Crippen molar-refractivity contribution in [1.82, 2.24) is 10.6 Å². The van der Waals surface area contributed by atoms with Crippen molar-refractivity contribution in [3.05, 3.63) is 0 Å². The van der Waals surface area contributed by atoms with Crippen LogP contribution in [0.2, 0.25) is 0 Å². The van der Waals surface area contributed by atoms with Gasteiger partial charge in [-0.1, -0.05) is 6.92 Å². The molecule has 1 saturated heterocycles. The molecule has 0 aromatic carbocycles. The number of hydrogen-bond acceptors (Lipinski definition) is 3. The van der Waals surface area contributed by atoms with Gasteiger partial charge in [-0.15, -0.1) is 0 Å². The Kier molecular flexibility index (Phi) is 3.66. The predicted molar refractivity (Wildman–Crippen MR) is 62.4 cm³/mol. The van der Waals surface area contributed by atoms with Crippen molar-refractivity contribution >= 4 is 11.9 Å². The summed E-state index contributed by atoms with van der Waals surface area (Å²) in [6, 6.07) is 0.0522. The van der Waals surface area contributed by atoms with E-state index in [9.17, 15) is 9.59 Å². The number of aliphatic carboxylic acids is 1. The second-order valence-electron chi connectivity index (χ2n) is 5.30. The molecule has 1 saturated carbocycles. The molecule has 0 spiro atoms. The minimum Gasteiger partial charge on any atom is -0.481 e. The molecule has 1 heterocycles. The third-order valence-electron chi connectivity index (χ3n) is 3.98. The molecule has 0 radical (unpaired) electrons. The number of carbonyl (C=O) groups is 2. The zero-order chi connectivity index (χ0) is 12.4. The van der Waals surface area contributed by atoms with Crippen molar-refractivity contribution in [3.8, 4) is 0 Å².